The van der Waals surface area contributed by atoms with Crippen LogP contribution in [-0.4, -0.2) is 55.0 Å². The molecule has 8 nitrogen and oxygen atoms in total. The highest BCUT2D eigenvalue weighted by molar-refractivity contribution is 7.98. The third-order valence-electron chi connectivity index (χ3n) is 8.10. The lowest BCUT2D eigenvalue weighted by atomic mass is 9.81. The van der Waals surface area contributed by atoms with E-state index in [9.17, 15) is 17.6 Å². The molecule has 0 bridgehead atoms. The molecule has 0 amide bonds. The van der Waals surface area contributed by atoms with Crippen LogP contribution in [0.1, 0.15) is 57.4 Å². The normalized spacial score (nSPS) is 12.7. The number of hydrogen-bond acceptors (Lipinski definition) is 7. The van der Waals surface area contributed by atoms with Crippen molar-refractivity contribution in [2.75, 3.05) is 20.8 Å². The van der Waals surface area contributed by atoms with Crippen LogP contribution in [0.5, 0.6) is 5.75 Å². The van der Waals surface area contributed by atoms with Gasteiger partial charge in [0.15, 0.2) is 5.16 Å². The van der Waals surface area contributed by atoms with Crippen LogP contribution in [0, 0.1) is 17.5 Å². The Labute approximate surface area is 288 Å². The summed E-state index contributed by atoms with van der Waals surface area (Å²) in [5, 5.41) is 0.800. The second-order valence-electron chi connectivity index (χ2n) is 11.5. The van der Waals surface area contributed by atoms with Gasteiger partial charge in [0.2, 0.25) is 10.0 Å². The minimum atomic E-state index is -4.47. The SMILES string of the molecule is CCCCN([C@H](C)C(=O)OC)S(=O)(=O)c1cc(F)c(CSc2ncc(C(C)(C)c3ccc(Cl)c(OC)c3)n2-c2ccc(F)cc2)c(F)c1. The predicted octanol–water partition coefficient (Wildman–Crippen LogP) is 7.92. The molecule has 0 aliphatic rings. The second kappa shape index (κ2) is 15.4. The van der Waals surface area contributed by atoms with Gasteiger partial charge < -0.3 is 9.47 Å². The molecule has 14 heteroatoms. The number of carbonyl (C=O) groups is 1. The molecule has 0 radical (unpaired) electrons. The van der Waals surface area contributed by atoms with E-state index in [0.29, 0.717) is 40.2 Å². The Bertz CT molecular complexity index is 1860. The number of hydrogen-bond donors (Lipinski definition) is 0. The van der Waals surface area contributed by atoms with E-state index in [1.54, 1.807) is 29.0 Å². The van der Waals surface area contributed by atoms with Crippen molar-refractivity contribution in [1.82, 2.24) is 13.9 Å². The Morgan fingerprint density at radius 3 is 2.29 bits per heavy atom. The highest BCUT2D eigenvalue weighted by Gasteiger charge is 2.35. The maximum atomic E-state index is 15.6. The minimum Gasteiger partial charge on any atom is -0.495 e. The summed E-state index contributed by atoms with van der Waals surface area (Å²) in [4.78, 5) is 16.2. The Hall–Kier alpha value is -3.52. The number of benzene rings is 3. The van der Waals surface area contributed by atoms with Crippen molar-refractivity contribution in [1.29, 1.82) is 0 Å². The predicted molar refractivity (Wildman–Crippen MR) is 180 cm³/mol. The van der Waals surface area contributed by atoms with Gasteiger partial charge in [-0.25, -0.2) is 26.6 Å². The molecule has 0 N–H and O–H groups in total. The number of aromatic nitrogens is 2. The fourth-order valence-corrected chi connectivity index (χ4v) is 8.03. The van der Waals surface area contributed by atoms with E-state index in [1.807, 2.05) is 32.9 Å². The number of rotatable bonds is 14. The lowest BCUT2D eigenvalue weighted by Gasteiger charge is -2.28. The molecule has 1 heterocycles. The van der Waals surface area contributed by atoms with Gasteiger partial charge in [0.05, 0.1) is 36.0 Å². The average molecular weight is 724 g/mol. The van der Waals surface area contributed by atoms with Crippen molar-refractivity contribution in [2.24, 2.45) is 0 Å². The topological polar surface area (TPSA) is 90.7 Å². The van der Waals surface area contributed by atoms with Crippen molar-refractivity contribution in [2.45, 2.75) is 67.8 Å². The molecule has 1 aromatic heterocycles. The number of unbranched alkanes of at least 4 members (excludes halogenated alkanes) is 1. The number of imidazole rings is 1. The quantitative estimate of drug-likeness (QED) is 0.0965. The molecule has 3 aromatic carbocycles. The number of ether oxygens (including phenoxy) is 2. The number of methoxy groups -OCH3 is 2. The van der Waals surface area contributed by atoms with Crippen molar-refractivity contribution in [3.63, 3.8) is 0 Å². The molecule has 0 aliphatic carbocycles. The molecule has 0 unspecified atom stereocenters. The molecule has 4 rings (SSSR count). The van der Waals surface area contributed by atoms with Gasteiger partial charge in [-0.2, -0.15) is 4.31 Å². The van der Waals surface area contributed by atoms with E-state index in [-0.39, 0.29) is 17.9 Å². The number of nitrogens with zero attached hydrogens (tertiary/aromatic N) is 3. The first kappa shape index (κ1) is 37.3. The highest BCUT2D eigenvalue weighted by atomic mass is 35.5. The molecular weight excluding hydrogens is 687 g/mol. The molecule has 0 fully saturated rings. The molecule has 4 aromatic rings. The first-order valence-corrected chi connectivity index (χ1v) is 17.9. The summed E-state index contributed by atoms with van der Waals surface area (Å²) < 4.78 is 84.9. The first-order valence-electron chi connectivity index (χ1n) is 15.1. The van der Waals surface area contributed by atoms with Gasteiger partial charge in [0.1, 0.15) is 29.2 Å². The summed E-state index contributed by atoms with van der Waals surface area (Å²) >= 11 is 7.29. The van der Waals surface area contributed by atoms with Crippen LogP contribution in [0.2, 0.25) is 5.02 Å². The Morgan fingerprint density at radius 1 is 1.06 bits per heavy atom. The third kappa shape index (κ3) is 7.69. The summed E-state index contributed by atoms with van der Waals surface area (Å²) in [5.41, 5.74) is 1.03. The zero-order valence-electron chi connectivity index (χ0n) is 27.4. The van der Waals surface area contributed by atoms with Crippen molar-refractivity contribution in [3.8, 4) is 11.4 Å². The Morgan fingerprint density at radius 2 is 1.71 bits per heavy atom. The first-order chi connectivity index (χ1) is 22.7. The van der Waals surface area contributed by atoms with E-state index < -0.39 is 49.8 Å². The molecule has 258 valence electrons. The second-order valence-corrected chi connectivity index (χ2v) is 14.8. The summed E-state index contributed by atoms with van der Waals surface area (Å²) in [6.07, 6.45) is 2.69. The maximum absolute atomic E-state index is 15.6. The van der Waals surface area contributed by atoms with Crippen LogP contribution in [0.15, 0.2) is 70.8 Å². The van der Waals surface area contributed by atoms with Crippen LogP contribution in [0.4, 0.5) is 13.2 Å². The van der Waals surface area contributed by atoms with Gasteiger partial charge in [-0.3, -0.25) is 9.36 Å². The molecule has 0 aliphatic heterocycles. The van der Waals surface area contributed by atoms with E-state index in [1.165, 1.54) is 26.2 Å². The third-order valence-corrected chi connectivity index (χ3v) is 11.3. The lowest BCUT2D eigenvalue weighted by Crippen LogP contribution is -2.44. The molecular formula is C34H37ClF3N3O5S2. The lowest BCUT2D eigenvalue weighted by molar-refractivity contribution is -0.144. The maximum Gasteiger partial charge on any atom is 0.323 e. The van der Waals surface area contributed by atoms with Gasteiger partial charge in [-0.05, 0) is 67.4 Å². The largest absolute Gasteiger partial charge is 0.495 e. The molecule has 48 heavy (non-hydrogen) atoms. The fourth-order valence-electron chi connectivity index (χ4n) is 5.18. The van der Waals surface area contributed by atoms with Crippen molar-refractivity contribution < 1.29 is 35.9 Å². The van der Waals surface area contributed by atoms with Crippen molar-refractivity contribution in [3.05, 3.63) is 100 Å². The van der Waals surface area contributed by atoms with Gasteiger partial charge in [-0.15, -0.1) is 0 Å². The number of sulfonamides is 1. The monoisotopic (exact) mass is 723 g/mol. The fraction of sp³-hybridized carbons (Fsp3) is 0.353. The summed E-state index contributed by atoms with van der Waals surface area (Å²) in [7, 11) is -1.82. The van der Waals surface area contributed by atoms with Gasteiger partial charge in [0, 0.05) is 29.0 Å². The summed E-state index contributed by atoms with van der Waals surface area (Å²) in [5.74, 6) is -3.15. The molecule has 0 spiro atoms. The summed E-state index contributed by atoms with van der Waals surface area (Å²) in [6.45, 7) is 7.09. The number of carbonyl (C=O) groups excluding carboxylic acids is 1. The van der Waals surface area contributed by atoms with E-state index in [2.05, 4.69) is 4.98 Å². The highest BCUT2D eigenvalue weighted by Crippen LogP contribution is 2.39. The van der Waals surface area contributed by atoms with Crippen LogP contribution < -0.4 is 4.74 Å². The van der Waals surface area contributed by atoms with Crippen LogP contribution in [-0.2, 0) is 30.7 Å². The van der Waals surface area contributed by atoms with Crippen LogP contribution in [0.3, 0.4) is 0 Å². The smallest absolute Gasteiger partial charge is 0.323 e. The Kier molecular flexibility index (Phi) is 11.9. The van der Waals surface area contributed by atoms with Gasteiger partial charge >= 0.3 is 5.97 Å². The zero-order chi connectivity index (χ0) is 35.4. The number of thioether (sulfide) groups is 1. The molecule has 1 atom stereocenters. The van der Waals surface area contributed by atoms with E-state index >= 15 is 8.78 Å². The zero-order valence-corrected chi connectivity index (χ0v) is 29.8. The standard InChI is InChI=1S/C34H37ClF3N3O5S2/c1-7-8-15-40(21(2)32(42)46-6)48(43,44)25-17-28(37)26(29(38)18-25)20-47-33-39-19-31(41(33)24-12-10-23(36)11-13-24)34(3,4)22-9-14-27(35)30(16-22)45-5/h9-14,16-19,21H,7-8,15,20H2,1-6H3/t21-/m1/s1. The average Bonchev–Trinajstić information content (AvgIpc) is 3.49. The molecule has 0 saturated heterocycles. The summed E-state index contributed by atoms with van der Waals surface area (Å²) in [6, 6.07) is 11.4. The van der Waals surface area contributed by atoms with Crippen molar-refractivity contribution >= 4 is 39.4 Å². The minimum absolute atomic E-state index is 0.0382. The van der Waals surface area contributed by atoms with Gasteiger partial charge in [0.25, 0.3) is 0 Å². The molecule has 0 saturated carbocycles. The van der Waals surface area contributed by atoms with Crippen LogP contribution >= 0.6 is 23.4 Å². The van der Waals surface area contributed by atoms with E-state index in [0.717, 1.165) is 40.9 Å². The van der Waals surface area contributed by atoms with Crippen LogP contribution in [0.25, 0.3) is 5.69 Å². The number of esters is 1. The van der Waals surface area contributed by atoms with E-state index in [4.69, 9.17) is 21.1 Å². The number of halogens is 4. The van der Waals surface area contributed by atoms with Gasteiger partial charge in [-0.1, -0.05) is 56.6 Å². The Balaban J connectivity index is 1.72.